The summed E-state index contributed by atoms with van der Waals surface area (Å²) < 4.78 is 50.8. The highest BCUT2D eigenvalue weighted by molar-refractivity contribution is 5.13. The van der Waals surface area contributed by atoms with Crippen molar-refractivity contribution in [2.45, 2.75) is 81.6 Å². The molecule has 1 saturated carbocycles. The van der Waals surface area contributed by atoms with Gasteiger partial charge >= 0.3 is 0 Å². The fourth-order valence-electron chi connectivity index (χ4n) is 4.64. The highest BCUT2D eigenvalue weighted by Gasteiger charge is 2.66. The van der Waals surface area contributed by atoms with Gasteiger partial charge < -0.3 is 28.4 Å². The Morgan fingerprint density at radius 2 is 1.61 bits per heavy atom. The number of ether oxygens (including phenoxy) is 6. The van der Waals surface area contributed by atoms with Gasteiger partial charge in [0.1, 0.15) is 18.3 Å². The number of fused-ring (bicyclic) bond motifs is 2. The minimum absolute atomic E-state index is 0.256. The van der Waals surface area contributed by atoms with Crippen molar-refractivity contribution in [2.75, 3.05) is 14.2 Å². The van der Waals surface area contributed by atoms with Gasteiger partial charge in [-0.25, -0.2) is 4.39 Å². The second-order valence-corrected chi connectivity index (χ2v) is 7.74. The quantitative estimate of drug-likeness (QED) is 0.761. The number of alkyl halides is 1. The molecule has 4 rings (SSSR count). The Hall–Kier alpha value is -1.09. The Bertz CT molecular complexity index is 660. The van der Waals surface area contributed by atoms with E-state index in [1.165, 1.54) is 0 Å². The molecule has 6 nitrogen and oxygen atoms in total. The van der Waals surface area contributed by atoms with Crippen molar-refractivity contribution >= 4 is 0 Å². The fourth-order valence-corrected chi connectivity index (χ4v) is 4.64. The summed E-state index contributed by atoms with van der Waals surface area (Å²) in [6.45, 7) is 2.04. The van der Waals surface area contributed by atoms with Gasteiger partial charge in [0.05, 0.1) is 12.7 Å². The van der Waals surface area contributed by atoms with Crippen LogP contribution in [0.3, 0.4) is 0 Å². The van der Waals surface area contributed by atoms with Crippen molar-refractivity contribution in [1.82, 2.24) is 0 Å². The minimum Gasteiger partial charge on any atom is -0.365 e. The highest BCUT2D eigenvalue weighted by atomic mass is 19.1. The predicted octanol–water partition coefficient (Wildman–Crippen LogP) is 3.33. The van der Waals surface area contributed by atoms with Crippen molar-refractivity contribution in [3.8, 4) is 0 Å². The number of rotatable bonds is 5. The Labute approximate surface area is 165 Å². The van der Waals surface area contributed by atoms with Crippen LogP contribution in [0.2, 0.25) is 0 Å². The molecule has 7 heteroatoms. The molecule has 0 N–H and O–H groups in total. The van der Waals surface area contributed by atoms with E-state index in [1.807, 2.05) is 30.3 Å². The summed E-state index contributed by atoms with van der Waals surface area (Å²) in [5, 5.41) is 0. The molecule has 2 saturated heterocycles. The maximum absolute atomic E-state index is 14.8. The van der Waals surface area contributed by atoms with E-state index in [2.05, 4.69) is 0 Å². The van der Waals surface area contributed by atoms with Crippen LogP contribution in [0.5, 0.6) is 0 Å². The van der Waals surface area contributed by atoms with Gasteiger partial charge in [0.2, 0.25) is 17.9 Å². The summed E-state index contributed by atoms with van der Waals surface area (Å²) in [4.78, 5) is 0. The van der Waals surface area contributed by atoms with E-state index in [4.69, 9.17) is 28.4 Å². The third-order valence-corrected chi connectivity index (χ3v) is 6.15. The third kappa shape index (κ3) is 3.28. The van der Waals surface area contributed by atoms with Crippen molar-refractivity contribution in [3.63, 3.8) is 0 Å². The van der Waals surface area contributed by atoms with Crippen molar-refractivity contribution < 1.29 is 32.8 Å². The molecule has 0 unspecified atom stereocenters. The molecule has 3 fully saturated rings. The molecule has 0 aromatic heterocycles. The number of methoxy groups -OCH3 is 2. The normalized spacial score (nSPS) is 43.2. The lowest BCUT2D eigenvalue weighted by atomic mass is 9.84. The zero-order valence-electron chi connectivity index (χ0n) is 16.6. The number of hydrogen-bond donors (Lipinski definition) is 0. The van der Waals surface area contributed by atoms with Gasteiger partial charge in [-0.1, -0.05) is 30.3 Å². The SMILES string of the molecule is CO[C@@]12CCCC[C@@]1(OC)O[C@@H]1[C@@H](O2)[C@H](OCc2ccccc2)[C@@H](F)O[C@H]1C. The monoisotopic (exact) mass is 396 g/mol. The molecule has 0 spiro atoms. The standard InChI is InChI=1S/C21H29FO6/c1-14-16-17(18(19(22)26-14)25-13-15-9-5-4-6-10-15)28-21(24-3)12-8-7-11-20(21,23-2)27-16/h4-6,9-10,14,16-19H,7-8,11-13H2,1-3H3/t14-,16-,17+,18-,19-,20+,21+/m0/s1. The first-order valence-electron chi connectivity index (χ1n) is 9.95. The van der Waals surface area contributed by atoms with Crippen molar-refractivity contribution in [3.05, 3.63) is 35.9 Å². The largest absolute Gasteiger partial charge is 0.365 e. The number of hydrogen-bond acceptors (Lipinski definition) is 6. The lowest BCUT2D eigenvalue weighted by Crippen LogP contribution is -2.74. The number of halogens is 1. The molecule has 0 amide bonds. The van der Waals surface area contributed by atoms with E-state index < -0.39 is 42.3 Å². The van der Waals surface area contributed by atoms with Crippen LogP contribution in [0.1, 0.15) is 38.2 Å². The van der Waals surface area contributed by atoms with Crippen LogP contribution in [0, 0.1) is 0 Å². The van der Waals surface area contributed by atoms with Gasteiger partial charge in [-0.2, -0.15) is 0 Å². The second-order valence-electron chi connectivity index (χ2n) is 7.74. The zero-order valence-corrected chi connectivity index (χ0v) is 16.6. The molecule has 3 aliphatic rings. The molecule has 1 aliphatic carbocycles. The summed E-state index contributed by atoms with van der Waals surface area (Å²) in [5.41, 5.74) is 0.951. The summed E-state index contributed by atoms with van der Waals surface area (Å²) >= 11 is 0. The molecular weight excluding hydrogens is 367 g/mol. The van der Waals surface area contributed by atoms with E-state index in [0.29, 0.717) is 12.8 Å². The van der Waals surface area contributed by atoms with Gasteiger partial charge in [-0.05, 0) is 25.3 Å². The molecule has 0 bridgehead atoms. The molecule has 7 atom stereocenters. The summed E-state index contributed by atoms with van der Waals surface area (Å²) in [7, 11) is 3.18. The van der Waals surface area contributed by atoms with Gasteiger partial charge in [-0.15, -0.1) is 0 Å². The molecule has 2 heterocycles. The van der Waals surface area contributed by atoms with Crippen molar-refractivity contribution in [2.24, 2.45) is 0 Å². The Morgan fingerprint density at radius 3 is 2.21 bits per heavy atom. The molecular formula is C21H29FO6. The maximum Gasteiger partial charge on any atom is 0.228 e. The van der Waals surface area contributed by atoms with Crippen LogP contribution >= 0.6 is 0 Å². The van der Waals surface area contributed by atoms with Crippen LogP contribution < -0.4 is 0 Å². The topological polar surface area (TPSA) is 55.4 Å². The second kappa shape index (κ2) is 7.97. The first kappa shape index (κ1) is 20.2. The number of benzene rings is 1. The smallest absolute Gasteiger partial charge is 0.228 e. The average molecular weight is 396 g/mol. The van der Waals surface area contributed by atoms with Crippen molar-refractivity contribution in [1.29, 1.82) is 0 Å². The molecule has 1 aromatic carbocycles. The van der Waals surface area contributed by atoms with Crippen LogP contribution in [0.25, 0.3) is 0 Å². The molecule has 28 heavy (non-hydrogen) atoms. The van der Waals surface area contributed by atoms with Gasteiger partial charge in [-0.3, -0.25) is 0 Å². The molecule has 1 aromatic rings. The van der Waals surface area contributed by atoms with Gasteiger partial charge in [0.25, 0.3) is 0 Å². The van der Waals surface area contributed by atoms with Crippen LogP contribution in [0.4, 0.5) is 4.39 Å². The Balaban J connectivity index is 1.60. The van der Waals surface area contributed by atoms with E-state index in [1.54, 1.807) is 21.1 Å². The first-order chi connectivity index (χ1) is 13.5. The zero-order chi connectivity index (χ0) is 19.8. The summed E-state index contributed by atoms with van der Waals surface area (Å²) in [6, 6.07) is 9.63. The van der Waals surface area contributed by atoms with Crippen LogP contribution in [0.15, 0.2) is 30.3 Å². The molecule has 2 aliphatic heterocycles. The summed E-state index contributed by atoms with van der Waals surface area (Å²) in [6.07, 6.45) is -1.12. The van der Waals surface area contributed by atoms with Crippen LogP contribution in [-0.2, 0) is 35.0 Å². The summed E-state index contributed by atoms with van der Waals surface area (Å²) in [5.74, 6) is -2.13. The van der Waals surface area contributed by atoms with E-state index in [9.17, 15) is 4.39 Å². The fraction of sp³-hybridized carbons (Fsp3) is 0.714. The van der Waals surface area contributed by atoms with Gasteiger partial charge in [0.15, 0.2) is 0 Å². The third-order valence-electron chi connectivity index (χ3n) is 6.15. The van der Waals surface area contributed by atoms with Crippen LogP contribution in [-0.4, -0.2) is 56.6 Å². The first-order valence-corrected chi connectivity index (χ1v) is 9.95. The maximum atomic E-state index is 14.8. The van der Waals surface area contributed by atoms with E-state index in [0.717, 1.165) is 18.4 Å². The molecule has 156 valence electrons. The predicted molar refractivity (Wildman–Crippen MR) is 98.2 cm³/mol. The van der Waals surface area contributed by atoms with Gasteiger partial charge in [0, 0.05) is 27.1 Å². The lowest BCUT2D eigenvalue weighted by Gasteiger charge is -2.59. The highest BCUT2D eigenvalue weighted by Crippen LogP contribution is 2.51. The molecule has 0 radical (unpaired) electrons. The Morgan fingerprint density at radius 1 is 1.00 bits per heavy atom. The lowest BCUT2D eigenvalue weighted by molar-refractivity contribution is -0.493. The van der Waals surface area contributed by atoms with E-state index in [-0.39, 0.29) is 6.61 Å². The van der Waals surface area contributed by atoms with E-state index >= 15 is 0 Å². The minimum atomic E-state index is -1.61. The average Bonchev–Trinajstić information content (AvgIpc) is 2.73. The Kier molecular flexibility index (Phi) is 5.75.